The summed E-state index contributed by atoms with van der Waals surface area (Å²) in [6, 6.07) is 0. The van der Waals surface area contributed by atoms with Gasteiger partial charge in [0.2, 0.25) is 5.88 Å². The first-order chi connectivity index (χ1) is 13.5. The van der Waals surface area contributed by atoms with Crippen LogP contribution < -0.4 is 0 Å². The van der Waals surface area contributed by atoms with Crippen molar-refractivity contribution in [2.75, 3.05) is 12.8 Å². The third kappa shape index (κ3) is 5.39. The molecule has 150 valence electrons. The Morgan fingerprint density at radius 3 is 2.96 bits per heavy atom. The molecule has 2 rings (SSSR count). The van der Waals surface area contributed by atoms with Gasteiger partial charge < -0.3 is 9.94 Å². The molecular weight excluding hydrogens is 390 g/mol. The van der Waals surface area contributed by atoms with E-state index in [9.17, 15) is 5.21 Å². The normalized spacial score (nSPS) is 17.4. The molecule has 1 N–H and O–H groups in total. The Hall–Kier alpha value is -2.25. The van der Waals surface area contributed by atoms with Crippen LogP contribution in [0.5, 0.6) is 0 Å². The van der Waals surface area contributed by atoms with Crippen molar-refractivity contribution in [2.24, 2.45) is 5.16 Å². The summed E-state index contributed by atoms with van der Waals surface area (Å²) >= 11 is 3.11. The monoisotopic (exact) mass is 417 g/mol. The van der Waals surface area contributed by atoms with Gasteiger partial charge in [0.05, 0.1) is 10.6 Å². The van der Waals surface area contributed by atoms with E-state index in [1.54, 1.807) is 18.1 Å². The van der Waals surface area contributed by atoms with Crippen molar-refractivity contribution in [3.05, 3.63) is 64.5 Å². The largest absolute Gasteiger partial charge is 0.439 e. The van der Waals surface area contributed by atoms with Gasteiger partial charge in [0.15, 0.2) is 0 Å². The highest BCUT2D eigenvalue weighted by atomic mass is 32.2. The summed E-state index contributed by atoms with van der Waals surface area (Å²) in [5.41, 5.74) is 2.51. The van der Waals surface area contributed by atoms with Crippen LogP contribution in [0.2, 0.25) is 0 Å². The fourth-order valence-corrected chi connectivity index (χ4v) is 4.02. The van der Waals surface area contributed by atoms with Crippen LogP contribution in [0.1, 0.15) is 43.5 Å². The third-order valence-corrected chi connectivity index (χ3v) is 6.00. The lowest BCUT2D eigenvalue weighted by molar-refractivity contribution is 0.272. The van der Waals surface area contributed by atoms with Crippen LogP contribution in [-0.2, 0) is 4.74 Å². The van der Waals surface area contributed by atoms with Crippen LogP contribution >= 0.6 is 23.3 Å². The first kappa shape index (κ1) is 22.0. The Kier molecular flexibility index (Phi) is 8.60. The zero-order valence-corrected chi connectivity index (χ0v) is 18.4. The van der Waals surface area contributed by atoms with Crippen molar-refractivity contribution < 1.29 is 9.94 Å². The van der Waals surface area contributed by atoms with E-state index in [0.29, 0.717) is 30.3 Å². The maximum atomic E-state index is 9.22. The van der Waals surface area contributed by atoms with E-state index in [4.69, 9.17) is 4.74 Å². The molecule has 7 heteroatoms. The summed E-state index contributed by atoms with van der Waals surface area (Å²) in [6.07, 6.45) is 15.7. The summed E-state index contributed by atoms with van der Waals surface area (Å²) in [6.45, 7) is 10.8. The highest BCUT2D eigenvalue weighted by molar-refractivity contribution is 7.96. The van der Waals surface area contributed by atoms with Crippen molar-refractivity contribution >= 4 is 40.3 Å². The van der Waals surface area contributed by atoms with Crippen LogP contribution in [0.4, 0.5) is 0 Å². The third-order valence-electron chi connectivity index (χ3n) is 4.12. The molecule has 1 aliphatic rings. The Labute approximate surface area is 175 Å². The molecule has 1 aliphatic heterocycles. The number of hydrogen-bond acceptors (Lipinski definition) is 7. The minimum Gasteiger partial charge on any atom is -0.439 e. The van der Waals surface area contributed by atoms with E-state index in [1.807, 2.05) is 42.6 Å². The van der Waals surface area contributed by atoms with Crippen LogP contribution in [0.15, 0.2) is 59.8 Å². The standard InChI is InChI=1S/C21H27N3O2S2/c1-6-8-10-17(11-9-7-2)20-22-14-19(28-20)16(4)26-21-15(3)18(23-25)12-13-24(21)27-5/h6,8-11,14,25H,4,7,12-13H2,1-3,5H3/b8-6-,11-9-,17-10+,23-18+. The van der Waals surface area contributed by atoms with Crippen LogP contribution in [0.25, 0.3) is 11.3 Å². The summed E-state index contributed by atoms with van der Waals surface area (Å²) in [5, 5.41) is 13.5. The van der Waals surface area contributed by atoms with Gasteiger partial charge in [0.1, 0.15) is 10.8 Å². The molecule has 0 saturated heterocycles. The number of thiazole rings is 1. The van der Waals surface area contributed by atoms with Crippen molar-refractivity contribution in [3.8, 4) is 0 Å². The van der Waals surface area contributed by atoms with Gasteiger partial charge in [-0.15, -0.1) is 11.3 Å². The fraction of sp³-hybridized carbons (Fsp3) is 0.333. The molecule has 2 heterocycles. The van der Waals surface area contributed by atoms with Gasteiger partial charge in [-0.05, 0) is 20.3 Å². The summed E-state index contributed by atoms with van der Waals surface area (Å²) in [5.74, 6) is 1.18. The highest BCUT2D eigenvalue weighted by Gasteiger charge is 2.25. The second-order valence-corrected chi connectivity index (χ2v) is 7.86. The summed E-state index contributed by atoms with van der Waals surface area (Å²) < 4.78 is 8.14. The number of nitrogens with zero attached hydrogens (tertiary/aromatic N) is 3. The van der Waals surface area contributed by atoms with Crippen molar-refractivity contribution in [3.63, 3.8) is 0 Å². The lowest BCUT2D eigenvalue weighted by Gasteiger charge is -2.30. The smallest absolute Gasteiger partial charge is 0.210 e. The van der Waals surface area contributed by atoms with Crippen LogP contribution in [0.3, 0.4) is 0 Å². The van der Waals surface area contributed by atoms with Crippen LogP contribution in [0, 0.1) is 0 Å². The van der Waals surface area contributed by atoms with E-state index in [0.717, 1.165) is 27.5 Å². The molecular formula is C21H27N3O2S2. The van der Waals surface area contributed by atoms with Crippen LogP contribution in [-0.4, -0.2) is 33.0 Å². The predicted octanol–water partition coefficient (Wildman–Crippen LogP) is 6.10. The van der Waals surface area contributed by atoms with Gasteiger partial charge in [0.25, 0.3) is 0 Å². The first-order valence-electron chi connectivity index (χ1n) is 9.12. The molecule has 1 aromatic heterocycles. The average molecular weight is 418 g/mol. The molecule has 0 spiro atoms. The van der Waals surface area contributed by atoms with Gasteiger partial charge in [-0.1, -0.05) is 61.0 Å². The Morgan fingerprint density at radius 2 is 2.32 bits per heavy atom. The first-order valence-corrected chi connectivity index (χ1v) is 11.1. The Morgan fingerprint density at radius 1 is 1.54 bits per heavy atom. The summed E-state index contributed by atoms with van der Waals surface area (Å²) in [7, 11) is 0. The van der Waals surface area contributed by atoms with E-state index >= 15 is 0 Å². The number of oxime groups is 1. The molecule has 0 fully saturated rings. The lowest BCUT2D eigenvalue weighted by Crippen LogP contribution is -2.28. The SMILES string of the molecule is C=C(OC1=C(C)/C(=N/O)CCN1SC)c1cnc(C(/C=C\CC)=C/C=C\C)s1. The van der Waals surface area contributed by atoms with Gasteiger partial charge in [-0.2, -0.15) is 0 Å². The number of ether oxygens (including phenoxy) is 1. The molecule has 5 nitrogen and oxygen atoms in total. The molecule has 0 unspecified atom stereocenters. The molecule has 0 atom stereocenters. The second-order valence-electron chi connectivity index (χ2n) is 6.02. The molecule has 0 saturated carbocycles. The number of aromatic nitrogens is 1. The van der Waals surface area contributed by atoms with E-state index in [2.05, 4.69) is 35.8 Å². The van der Waals surface area contributed by atoms with Gasteiger partial charge in [-0.3, -0.25) is 4.31 Å². The van der Waals surface area contributed by atoms with E-state index in [-0.39, 0.29) is 0 Å². The fourth-order valence-electron chi connectivity index (χ4n) is 2.58. The summed E-state index contributed by atoms with van der Waals surface area (Å²) in [4.78, 5) is 5.41. The zero-order valence-electron chi connectivity index (χ0n) is 16.8. The van der Waals surface area contributed by atoms with Crippen molar-refractivity contribution in [1.29, 1.82) is 0 Å². The molecule has 0 aromatic carbocycles. The minimum absolute atomic E-state index is 0.529. The zero-order chi connectivity index (χ0) is 20.5. The predicted molar refractivity (Wildman–Crippen MR) is 121 cm³/mol. The lowest BCUT2D eigenvalue weighted by atomic mass is 10.1. The van der Waals surface area contributed by atoms with E-state index < -0.39 is 0 Å². The highest BCUT2D eigenvalue weighted by Crippen LogP contribution is 2.33. The van der Waals surface area contributed by atoms with E-state index in [1.165, 1.54) is 11.3 Å². The van der Waals surface area contributed by atoms with Gasteiger partial charge in [0, 0.05) is 36.6 Å². The number of allylic oxidation sites excluding steroid dienone is 7. The Bertz CT molecular complexity index is 848. The number of rotatable bonds is 8. The van der Waals surface area contributed by atoms with Gasteiger partial charge in [-0.25, -0.2) is 4.98 Å². The molecule has 1 aromatic rings. The minimum atomic E-state index is 0.529. The molecule has 0 radical (unpaired) electrons. The molecule has 0 bridgehead atoms. The quantitative estimate of drug-likeness (QED) is 0.182. The van der Waals surface area contributed by atoms with Crippen molar-refractivity contribution in [2.45, 2.75) is 33.6 Å². The molecule has 0 amide bonds. The maximum absolute atomic E-state index is 9.22. The van der Waals surface area contributed by atoms with Gasteiger partial charge >= 0.3 is 0 Å². The Balaban J connectivity index is 2.27. The number of hydrogen-bond donors (Lipinski definition) is 1. The second kappa shape index (κ2) is 10.9. The maximum Gasteiger partial charge on any atom is 0.210 e. The van der Waals surface area contributed by atoms with Crippen molar-refractivity contribution in [1.82, 2.24) is 9.29 Å². The topological polar surface area (TPSA) is 58.0 Å². The average Bonchev–Trinajstić information content (AvgIpc) is 3.19. The molecule has 28 heavy (non-hydrogen) atoms. The molecule has 0 aliphatic carbocycles.